The van der Waals surface area contributed by atoms with Crippen LogP contribution in [0.25, 0.3) is 10.9 Å². The predicted molar refractivity (Wildman–Crippen MR) is 80.2 cm³/mol. The fraction of sp³-hybridized carbons (Fsp3) is 0.500. The Balaban J connectivity index is 2.17. The Morgan fingerprint density at radius 2 is 1.95 bits per heavy atom. The number of fused-ring (bicyclic) bond motifs is 1. The van der Waals surface area contributed by atoms with E-state index in [-0.39, 0.29) is 12.0 Å². The lowest BCUT2D eigenvalue weighted by molar-refractivity contribution is 0.156. The van der Waals surface area contributed by atoms with Crippen LogP contribution < -0.4 is 5.32 Å². The van der Waals surface area contributed by atoms with Crippen LogP contribution in [0.3, 0.4) is 0 Å². The fourth-order valence-corrected chi connectivity index (χ4v) is 2.46. The van der Waals surface area contributed by atoms with E-state index in [0.717, 1.165) is 13.1 Å². The Hall–Kier alpha value is -1.32. The molecule has 1 aromatic carbocycles. The summed E-state index contributed by atoms with van der Waals surface area (Å²) in [4.78, 5) is 0. The second kappa shape index (κ2) is 5.35. The minimum Gasteiger partial charge on any atom is -0.396 e. The SMILES string of the molecule is Cc1c(CNCC(C)(C)CO)n(C)c2ccccc12. The highest BCUT2D eigenvalue weighted by atomic mass is 16.3. The maximum atomic E-state index is 9.27. The van der Waals surface area contributed by atoms with Crippen LogP contribution in [0.5, 0.6) is 0 Å². The highest BCUT2D eigenvalue weighted by molar-refractivity contribution is 5.85. The van der Waals surface area contributed by atoms with Gasteiger partial charge in [-0.2, -0.15) is 0 Å². The Labute approximate surface area is 115 Å². The van der Waals surface area contributed by atoms with Gasteiger partial charge in [-0.05, 0) is 18.6 Å². The van der Waals surface area contributed by atoms with E-state index in [9.17, 15) is 5.11 Å². The van der Waals surface area contributed by atoms with Crippen molar-refractivity contribution in [3.05, 3.63) is 35.5 Å². The van der Waals surface area contributed by atoms with Gasteiger partial charge < -0.3 is 15.0 Å². The average Bonchev–Trinajstić information content (AvgIpc) is 2.64. The molecule has 0 spiro atoms. The third-order valence-electron chi connectivity index (χ3n) is 3.83. The van der Waals surface area contributed by atoms with Gasteiger partial charge in [-0.3, -0.25) is 0 Å². The molecule has 1 heterocycles. The Kier molecular flexibility index (Phi) is 3.97. The van der Waals surface area contributed by atoms with Gasteiger partial charge in [0.05, 0.1) is 0 Å². The summed E-state index contributed by atoms with van der Waals surface area (Å²) in [5.74, 6) is 0. The number of aromatic nitrogens is 1. The molecule has 0 amide bonds. The molecule has 0 bridgehead atoms. The van der Waals surface area contributed by atoms with E-state index >= 15 is 0 Å². The molecule has 1 aromatic heterocycles. The second-order valence-electron chi connectivity index (χ2n) is 6.07. The highest BCUT2D eigenvalue weighted by Crippen LogP contribution is 2.24. The number of nitrogens with one attached hydrogen (secondary N) is 1. The molecule has 0 atom stereocenters. The van der Waals surface area contributed by atoms with Crippen molar-refractivity contribution < 1.29 is 5.11 Å². The maximum Gasteiger partial charge on any atom is 0.0494 e. The normalized spacial score (nSPS) is 12.3. The number of benzene rings is 1. The number of para-hydroxylation sites is 1. The molecule has 0 saturated carbocycles. The van der Waals surface area contributed by atoms with Crippen LogP contribution in [0, 0.1) is 12.3 Å². The first-order valence-electron chi connectivity index (χ1n) is 6.81. The third kappa shape index (κ3) is 2.82. The number of hydrogen-bond donors (Lipinski definition) is 2. The van der Waals surface area contributed by atoms with Crippen LogP contribution in [0.15, 0.2) is 24.3 Å². The topological polar surface area (TPSA) is 37.2 Å². The quantitative estimate of drug-likeness (QED) is 0.867. The smallest absolute Gasteiger partial charge is 0.0494 e. The van der Waals surface area contributed by atoms with E-state index in [1.54, 1.807) is 0 Å². The van der Waals surface area contributed by atoms with Crippen LogP contribution in [0.2, 0.25) is 0 Å². The zero-order chi connectivity index (χ0) is 14.0. The van der Waals surface area contributed by atoms with Crippen LogP contribution in [-0.2, 0) is 13.6 Å². The van der Waals surface area contributed by atoms with Crippen molar-refractivity contribution in [2.45, 2.75) is 27.3 Å². The van der Waals surface area contributed by atoms with E-state index in [1.165, 1.54) is 22.2 Å². The average molecular weight is 260 g/mol. The molecular weight excluding hydrogens is 236 g/mol. The molecule has 104 valence electrons. The van der Waals surface area contributed by atoms with E-state index in [0.29, 0.717) is 0 Å². The monoisotopic (exact) mass is 260 g/mol. The first-order valence-corrected chi connectivity index (χ1v) is 6.81. The minimum absolute atomic E-state index is 0.0709. The summed E-state index contributed by atoms with van der Waals surface area (Å²) >= 11 is 0. The molecule has 0 fully saturated rings. The summed E-state index contributed by atoms with van der Waals surface area (Å²) in [5.41, 5.74) is 3.86. The van der Waals surface area contributed by atoms with Crippen LogP contribution in [-0.4, -0.2) is 22.8 Å². The van der Waals surface area contributed by atoms with E-state index in [4.69, 9.17) is 0 Å². The Morgan fingerprint density at radius 1 is 1.26 bits per heavy atom. The summed E-state index contributed by atoms with van der Waals surface area (Å²) in [5, 5.41) is 14.0. The maximum absolute atomic E-state index is 9.27. The number of aliphatic hydroxyl groups excluding tert-OH is 1. The molecule has 0 unspecified atom stereocenters. The van der Waals surface area contributed by atoms with Gasteiger partial charge in [0.25, 0.3) is 0 Å². The minimum atomic E-state index is -0.0709. The van der Waals surface area contributed by atoms with Crippen LogP contribution in [0.4, 0.5) is 0 Å². The van der Waals surface area contributed by atoms with Gasteiger partial charge in [0.15, 0.2) is 0 Å². The van der Waals surface area contributed by atoms with Crippen molar-refractivity contribution in [3.8, 4) is 0 Å². The molecule has 2 rings (SSSR count). The predicted octanol–water partition coefficient (Wildman–Crippen LogP) is 2.59. The molecule has 2 aromatic rings. The standard InChI is InChI=1S/C16H24N2O/c1-12-13-7-5-6-8-14(13)18(4)15(12)9-17-10-16(2,3)11-19/h5-8,17,19H,9-11H2,1-4H3. The summed E-state index contributed by atoms with van der Waals surface area (Å²) in [6.07, 6.45) is 0. The van der Waals surface area contributed by atoms with Gasteiger partial charge >= 0.3 is 0 Å². The second-order valence-corrected chi connectivity index (χ2v) is 6.07. The van der Waals surface area contributed by atoms with Gasteiger partial charge in [-0.1, -0.05) is 32.0 Å². The summed E-state index contributed by atoms with van der Waals surface area (Å²) in [6, 6.07) is 8.49. The van der Waals surface area contributed by atoms with Gasteiger partial charge in [0.2, 0.25) is 0 Å². The highest BCUT2D eigenvalue weighted by Gasteiger charge is 2.17. The largest absolute Gasteiger partial charge is 0.396 e. The van der Waals surface area contributed by atoms with Crippen molar-refractivity contribution in [3.63, 3.8) is 0 Å². The fourth-order valence-electron chi connectivity index (χ4n) is 2.46. The van der Waals surface area contributed by atoms with E-state index in [1.807, 2.05) is 0 Å². The lowest BCUT2D eigenvalue weighted by Gasteiger charge is -2.22. The van der Waals surface area contributed by atoms with Gasteiger partial charge in [-0.25, -0.2) is 0 Å². The molecule has 3 nitrogen and oxygen atoms in total. The number of nitrogens with zero attached hydrogens (tertiary/aromatic N) is 1. The molecule has 19 heavy (non-hydrogen) atoms. The molecule has 0 radical (unpaired) electrons. The van der Waals surface area contributed by atoms with Crippen LogP contribution >= 0.6 is 0 Å². The molecule has 3 heteroatoms. The molecule has 0 aliphatic rings. The number of aliphatic hydroxyl groups is 1. The Bertz CT molecular complexity index is 530. The van der Waals surface area contributed by atoms with Crippen molar-refractivity contribution in [2.24, 2.45) is 12.5 Å². The number of hydrogen-bond acceptors (Lipinski definition) is 2. The first-order chi connectivity index (χ1) is 8.96. The summed E-state index contributed by atoms with van der Waals surface area (Å²) < 4.78 is 2.25. The first kappa shape index (κ1) is 14.1. The van der Waals surface area contributed by atoms with Gasteiger partial charge in [0.1, 0.15) is 0 Å². The molecule has 0 aliphatic carbocycles. The zero-order valence-corrected chi connectivity index (χ0v) is 12.3. The molecule has 0 saturated heterocycles. The van der Waals surface area contributed by atoms with Crippen molar-refractivity contribution >= 4 is 10.9 Å². The summed E-state index contributed by atoms with van der Waals surface area (Å²) in [6.45, 7) is 8.15. The Morgan fingerprint density at radius 3 is 2.58 bits per heavy atom. The van der Waals surface area contributed by atoms with Crippen LogP contribution in [0.1, 0.15) is 25.1 Å². The third-order valence-corrected chi connectivity index (χ3v) is 3.83. The van der Waals surface area contributed by atoms with Crippen molar-refractivity contribution in [1.29, 1.82) is 0 Å². The van der Waals surface area contributed by atoms with E-state index < -0.39 is 0 Å². The molecule has 2 N–H and O–H groups in total. The number of aryl methyl sites for hydroxylation is 2. The summed E-state index contributed by atoms with van der Waals surface area (Å²) in [7, 11) is 2.11. The molecular formula is C16H24N2O. The van der Waals surface area contributed by atoms with Crippen molar-refractivity contribution in [2.75, 3.05) is 13.2 Å². The number of rotatable bonds is 5. The van der Waals surface area contributed by atoms with Gasteiger partial charge in [0, 0.05) is 48.8 Å². The molecule has 0 aliphatic heterocycles. The lowest BCUT2D eigenvalue weighted by Crippen LogP contribution is -2.32. The lowest BCUT2D eigenvalue weighted by atomic mass is 9.95. The zero-order valence-electron chi connectivity index (χ0n) is 12.3. The van der Waals surface area contributed by atoms with Crippen molar-refractivity contribution in [1.82, 2.24) is 9.88 Å². The van der Waals surface area contributed by atoms with E-state index in [2.05, 4.69) is 62.0 Å². The van der Waals surface area contributed by atoms with Gasteiger partial charge in [-0.15, -0.1) is 0 Å².